The summed E-state index contributed by atoms with van der Waals surface area (Å²) in [6, 6.07) is 15.3. The molecule has 6 heteroatoms. The van der Waals surface area contributed by atoms with Gasteiger partial charge in [-0.15, -0.1) is 0 Å². The zero-order valence-corrected chi connectivity index (χ0v) is 14.9. The highest BCUT2D eigenvalue weighted by Crippen LogP contribution is 2.28. The van der Waals surface area contributed by atoms with Crippen molar-refractivity contribution >= 4 is 44.5 Å². The summed E-state index contributed by atoms with van der Waals surface area (Å²) in [5.41, 5.74) is 1.19. The molecular weight excluding hydrogens is 351 g/mol. The zero-order chi connectivity index (χ0) is 16.4. The Hall–Kier alpha value is -1.20. The monoisotopic (exact) mass is 368 g/mol. The molecule has 0 aliphatic carbocycles. The summed E-state index contributed by atoms with van der Waals surface area (Å²) >= 11 is 12.1. The van der Waals surface area contributed by atoms with Crippen LogP contribution in [0.25, 0.3) is 0 Å². The average molecular weight is 369 g/mol. The van der Waals surface area contributed by atoms with Crippen molar-refractivity contribution in [2.24, 2.45) is 0 Å². The van der Waals surface area contributed by atoms with E-state index in [1.807, 2.05) is 22.5 Å². The van der Waals surface area contributed by atoms with Gasteiger partial charge in [0.2, 0.25) is 0 Å². The molecule has 0 spiro atoms. The SMILES string of the molecule is C=S(=O)(c1ccc(Cl)cc1Cl)N1CCN(c2ccccc2)CC1. The van der Waals surface area contributed by atoms with Crippen molar-refractivity contribution in [2.45, 2.75) is 4.90 Å². The summed E-state index contributed by atoms with van der Waals surface area (Å²) < 4.78 is 15.1. The molecule has 2 aromatic carbocycles. The van der Waals surface area contributed by atoms with Crippen molar-refractivity contribution in [1.82, 2.24) is 4.31 Å². The Balaban J connectivity index is 1.76. The molecular formula is C17H18Cl2N2OS. The first kappa shape index (κ1) is 16.7. The van der Waals surface area contributed by atoms with E-state index in [1.165, 1.54) is 5.69 Å². The summed E-state index contributed by atoms with van der Waals surface area (Å²) in [5, 5.41) is 0.936. The minimum absolute atomic E-state index is 0.406. The molecule has 3 nitrogen and oxygen atoms in total. The average Bonchev–Trinajstić information content (AvgIpc) is 2.55. The van der Waals surface area contributed by atoms with Gasteiger partial charge >= 0.3 is 0 Å². The van der Waals surface area contributed by atoms with E-state index in [2.05, 4.69) is 22.9 Å². The maximum Gasteiger partial charge on any atom is 0.0634 e. The van der Waals surface area contributed by atoms with Crippen molar-refractivity contribution in [1.29, 1.82) is 0 Å². The van der Waals surface area contributed by atoms with Crippen molar-refractivity contribution in [2.75, 3.05) is 31.1 Å². The second-order valence-electron chi connectivity index (χ2n) is 5.47. The smallest absolute Gasteiger partial charge is 0.0634 e. The van der Waals surface area contributed by atoms with Crippen LogP contribution in [-0.2, 0) is 9.71 Å². The van der Waals surface area contributed by atoms with Crippen LogP contribution < -0.4 is 4.90 Å². The molecule has 1 aliphatic heterocycles. The number of nitrogens with zero attached hydrogens (tertiary/aromatic N) is 2. The van der Waals surface area contributed by atoms with E-state index in [4.69, 9.17) is 23.2 Å². The van der Waals surface area contributed by atoms with Gasteiger partial charge in [0.15, 0.2) is 0 Å². The fraction of sp³-hybridized carbons (Fsp3) is 0.235. The maximum absolute atomic E-state index is 13.2. The molecule has 1 unspecified atom stereocenters. The molecule has 0 bridgehead atoms. The van der Waals surface area contributed by atoms with Crippen molar-refractivity contribution in [3.63, 3.8) is 0 Å². The van der Waals surface area contributed by atoms with Gasteiger partial charge in [-0.2, -0.15) is 0 Å². The van der Waals surface area contributed by atoms with E-state index < -0.39 is 9.71 Å². The third kappa shape index (κ3) is 3.50. The molecule has 23 heavy (non-hydrogen) atoms. The normalized spacial score (nSPS) is 18.6. The Kier molecular flexibility index (Phi) is 4.87. The van der Waals surface area contributed by atoms with Crippen molar-refractivity contribution in [3.05, 3.63) is 58.6 Å². The topological polar surface area (TPSA) is 23.6 Å². The molecule has 1 fully saturated rings. The van der Waals surface area contributed by atoms with Gasteiger partial charge in [-0.25, -0.2) is 8.51 Å². The van der Waals surface area contributed by atoms with E-state index in [1.54, 1.807) is 18.2 Å². The Morgan fingerprint density at radius 2 is 1.61 bits per heavy atom. The standard InChI is InChI=1S/C17H18Cl2N2OS/c1-23(22,17-8-7-14(18)13-16(17)19)21-11-9-20(10-12-21)15-5-3-2-4-6-15/h2-8,13H,1,9-12H2. The van der Waals surface area contributed by atoms with E-state index >= 15 is 0 Å². The largest absolute Gasteiger partial charge is 0.369 e. The summed E-state index contributed by atoms with van der Waals surface area (Å²) in [6.45, 7) is 2.97. The van der Waals surface area contributed by atoms with E-state index in [9.17, 15) is 4.21 Å². The predicted molar refractivity (Wildman–Crippen MR) is 100 cm³/mol. The first-order chi connectivity index (χ1) is 11.0. The van der Waals surface area contributed by atoms with E-state index in [0.717, 1.165) is 13.1 Å². The number of halogens is 2. The van der Waals surface area contributed by atoms with Crippen LogP contribution >= 0.6 is 23.2 Å². The Labute approximate surface area is 147 Å². The number of para-hydroxylation sites is 1. The number of piperazine rings is 1. The lowest BCUT2D eigenvalue weighted by atomic mass is 10.2. The third-order valence-corrected chi connectivity index (χ3v) is 6.92. The summed E-state index contributed by atoms with van der Waals surface area (Å²) in [5.74, 6) is 3.96. The first-order valence-electron chi connectivity index (χ1n) is 7.36. The van der Waals surface area contributed by atoms with Gasteiger partial charge in [0.05, 0.1) is 19.6 Å². The lowest BCUT2D eigenvalue weighted by molar-refractivity contribution is 0.408. The summed E-state index contributed by atoms with van der Waals surface area (Å²) in [6.07, 6.45) is 0. The van der Waals surface area contributed by atoms with Gasteiger partial charge in [0.25, 0.3) is 0 Å². The number of hydrogen-bond acceptors (Lipinski definition) is 2. The number of benzene rings is 2. The summed E-state index contributed by atoms with van der Waals surface area (Å²) in [7, 11) is -2.60. The zero-order valence-electron chi connectivity index (χ0n) is 12.6. The second-order valence-corrected chi connectivity index (χ2v) is 8.55. The Bertz CT molecular complexity index is 785. The van der Waals surface area contributed by atoms with E-state index in [-0.39, 0.29) is 0 Å². The van der Waals surface area contributed by atoms with Crippen molar-refractivity contribution < 1.29 is 4.21 Å². The van der Waals surface area contributed by atoms with Crippen molar-refractivity contribution in [3.8, 4) is 0 Å². The van der Waals surface area contributed by atoms with Gasteiger partial charge < -0.3 is 4.90 Å². The van der Waals surface area contributed by atoms with Gasteiger partial charge in [-0.05, 0) is 36.2 Å². The Morgan fingerprint density at radius 3 is 2.22 bits per heavy atom. The lowest BCUT2D eigenvalue weighted by Gasteiger charge is -2.37. The van der Waals surface area contributed by atoms with E-state index in [0.29, 0.717) is 28.0 Å². The van der Waals surface area contributed by atoms with Crippen LogP contribution in [0.4, 0.5) is 5.69 Å². The highest BCUT2D eigenvalue weighted by molar-refractivity contribution is 7.98. The molecule has 0 radical (unpaired) electrons. The van der Waals surface area contributed by atoms with Crippen LogP contribution in [0.15, 0.2) is 53.4 Å². The molecule has 2 aromatic rings. The van der Waals surface area contributed by atoms with Gasteiger partial charge in [0, 0.05) is 36.9 Å². The first-order valence-corrected chi connectivity index (χ1v) is 9.80. The fourth-order valence-electron chi connectivity index (χ4n) is 2.75. The molecule has 0 saturated carbocycles. The highest BCUT2D eigenvalue weighted by Gasteiger charge is 2.25. The quantitative estimate of drug-likeness (QED) is 0.769. The van der Waals surface area contributed by atoms with Crippen LogP contribution in [-0.4, -0.2) is 40.6 Å². The van der Waals surface area contributed by atoms with Crippen LogP contribution in [0.1, 0.15) is 0 Å². The molecule has 1 atom stereocenters. The second kappa shape index (κ2) is 6.73. The maximum atomic E-state index is 13.2. The van der Waals surface area contributed by atoms with Crippen LogP contribution in [0.2, 0.25) is 10.0 Å². The molecule has 0 aromatic heterocycles. The Morgan fingerprint density at radius 1 is 0.957 bits per heavy atom. The minimum Gasteiger partial charge on any atom is -0.369 e. The number of anilines is 1. The molecule has 0 N–H and O–H groups in total. The molecule has 3 rings (SSSR count). The van der Waals surface area contributed by atoms with Gasteiger partial charge in [-0.3, -0.25) is 0 Å². The predicted octanol–water partition coefficient (Wildman–Crippen LogP) is 3.81. The molecule has 122 valence electrons. The lowest BCUT2D eigenvalue weighted by Crippen LogP contribution is -2.48. The molecule has 0 amide bonds. The van der Waals surface area contributed by atoms with Gasteiger partial charge in [0.1, 0.15) is 0 Å². The van der Waals surface area contributed by atoms with Gasteiger partial charge in [-0.1, -0.05) is 41.4 Å². The molecule has 1 aliphatic rings. The molecule has 1 heterocycles. The minimum atomic E-state index is -2.60. The number of rotatable bonds is 3. The highest BCUT2D eigenvalue weighted by atomic mass is 35.5. The number of hydrogen-bond donors (Lipinski definition) is 0. The fourth-order valence-corrected chi connectivity index (χ4v) is 5.20. The third-order valence-electron chi connectivity index (χ3n) is 4.01. The van der Waals surface area contributed by atoms with Crippen LogP contribution in [0.3, 0.4) is 0 Å². The van der Waals surface area contributed by atoms with Crippen LogP contribution in [0, 0.1) is 0 Å². The van der Waals surface area contributed by atoms with Crippen LogP contribution in [0.5, 0.6) is 0 Å². The summed E-state index contributed by atoms with van der Waals surface area (Å²) in [4.78, 5) is 2.84. The molecule has 1 saturated heterocycles.